The Morgan fingerprint density at radius 1 is 1.23 bits per heavy atom. The lowest BCUT2D eigenvalue weighted by Crippen LogP contribution is -2.41. The van der Waals surface area contributed by atoms with Crippen LogP contribution in [0.15, 0.2) is 30.3 Å². The van der Waals surface area contributed by atoms with E-state index in [2.05, 4.69) is 29.0 Å². The van der Waals surface area contributed by atoms with Gasteiger partial charge >= 0.3 is 0 Å². The molecule has 1 N–H and O–H groups in total. The first-order valence-corrected chi connectivity index (χ1v) is 7.97. The van der Waals surface area contributed by atoms with Crippen molar-refractivity contribution in [1.29, 1.82) is 0 Å². The molecule has 1 amide bonds. The van der Waals surface area contributed by atoms with E-state index in [1.54, 1.807) is 4.90 Å². The number of nitrogens with zero attached hydrogens (tertiary/aromatic N) is 3. The number of likely N-dealkylation sites (tertiary alicyclic amines) is 1. The minimum absolute atomic E-state index is 0.172. The van der Waals surface area contributed by atoms with E-state index < -0.39 is 6.10 Å². The largest absolute Gasteiger partial charge is 0.390 e. The monoisotopic (exact) mass is 305 g/mol. The number of rotatable bonds is 8. The van der Waals surface area contributed by atoms with Gasteiger partial charge in [0, 0.05) is 51.9 Å². The molecule has 0 aromatic heterocycles. The van der Waals surface area contributed by atoms with E-state index in [-0.39, 0.29) is 5.91 Å². The molecule has 1 saturated heterocycles. The molecule has 0 saturated carbocycles. The van der Waals surface area contributed by atoms with Gasteiger partial charge in [0.05, 0.1) is 6.10 Å². The molecule has 1 atom stereocenters. The Hall–Kier alpha value is -1.59. The second-order valence-corrected chi connectivity index (χ2v) is 6.12. The summed E-state index contributed by atoms with van der Waals surface area (Å²) in [6.45, 7) is 3.60. The van der Waals surface area contributed by atoms with Crippen molar-refractivity contribution in [2.75, 3.05) is 51.7 Å². The number of likely N-dealkylation sites (N-methyl/N-ethyl adjacent to an activating group) is 2. The Balaban J connectivity index is 1.68. The predicted molar refractivity (Wildman–Crippen MR) is 89.0 cm³/mol. The number of hydrogen-bond donors (Lipinski definition) is 1. The molecule has 5 nitrogen and oxygen atoms in total. The maximum Gasteiger partial charge on any atom is 0.222 e. The fourth-order valence-electron chi connectivity index (χ4n) is 2.79. The molecule has 0 bridgehead atoms. The van der Waals surface area contributed by atoms with Gasteiger partial charge in [0.25, 0.3) is 0 Å². The first kappa shape index (κ1) is 16.8. The van der Waals surface area contributed by atoms with Crippen LogP contribution >= 0.6 is 0 Å². The Bertz CT molecular complexity index is 466. The molecule has 2 rings (SSSR count). The highest BCUT2D eigenvalue weighted by molar-refractivity contribution is 5.78. The van der Waals surface area contributed by atoms with E-state index in [0.717, 1.165) is 26.1 Å². The molecular weight excluding hydrogens is 278 g/mol. The van der Waals surface area contributed by atoms with Gasteiger partial charge in [-0.3, -0.25) is 4.79 Å². The number of carbonyl (C=O) groups is 1. The quantitative estimate of drug-likeness (QED) is 0.779. The molecule has 22 heavy (non-hydrogen) atoms. The van der Waals surface area contributed by atoms with Crippen molar-refractivity contribution in [3.05, 3.63) is 30.3 Å². The molecule has 1 unspecified atom stereocenters. The molecule has 5 heteroatoms. The minimum atomic E-state index is -0.478. The molecule has 1 aromatic carbocycles. The molecule has 1 heterocycles. The Morgan fingerprint density at radius 2 is 1.95 bits per heavy atom. The molecule has 122 valence electrons. The van der Waals surface area contributed by atoms with Crippen molar-refractivity contribution >= 4 is 11.6 Å². The van der Waals surface area contributed by atoms with E-state index in [1.807, 2.05) is 25.2 Å². The number of aliphatic hydroxyl groups is 1. The van der Waals surface area contributed by atoms with Crippen LogP contribution in [0.4, 0.5) is 5.69 Å². The molecule has 1 aromatic rings. The number of benzene rings is 1. The van der Waals surface area contributed by atoms with Gasteiger partial charge in [-0.1, -0.05) is 18.2 Å². The molecular formula is C17H27N3O2. The first-order chi connectivity index (χ1) is 10.6. The number of hydrogen-bond acceptors (Lipinski definition) is 4. The van der Waals surface area contributed by atoms with Gasteiger partial charge in [0.2, 0.25) is 5.91 Å². The zero-order valence-corrected chi connectivity index (χ0v) is 13.6. The van der Waals surface area contributed by atoms with Gasteiger partial charge in [-0.2, -0.15) is 0 Å². The maximum absolute atomic E-state index is 11.6. The average molecular weight is 305 g/mol. The van der Waals surface area contributed by atoms with Crippen LogP contribution in [0.2, 0.25) is 0 Å². The Labute approximate surface area is 133 Å². The molecule has 1 aliphatic rings. The summed E-state index contributed by atoms with van der Waals surface area (Å²) in [5.41, 5.74) is 1.19. The van der Waals surface area contributed by atoms with Crippen molar-refractivity contribution in [2.45, 2.75) is 18.9 Å². The lowest BCUT2D eigenvalue weighted by molar-refractivity contribution is -0.129. The van der Waals surface area contributed by atoms with Crippen LogP contribution in [0.3, 0.4) is 0 Å². The molecule has 1 aliphatic heterocycles. The molecule has 0 radical (unpaired) electrons. The Kier molecular flexibility index (Phi) is 6.21. The van der Waals surface area contributed by atoms with E-state index in [4.69, 9.17) is 0 Å². The molecule has 0 spiro atoms. The van der Waals surface area contributed by atoms with Crippen molar-refractivity contribution < 1.29 is 9.90 Å². The second kappa shape index (κ2) is 8.15. The highest BCUT2D eigenvalue weighted by Crippen LogP contribution is 2.11. The highest BCUT2D eigenvalue weighted by Gasteiger charge is 2.22. The molecule has 1 fully saturated rings. The minimum Gasteiger partial charge on any atom is -0.390 e. The second-order valence-electron chi connectivity index (χ2n) is 6.12. The SMILES string of the molecule is CN(CCN(C)c1ccccc1)CC(O)CN1CCCC1=O. The van der Waals surface area contributed by atoms with Crippen LogP contribution in [0.25, 0.3) is 0 Å². The van der Waals surface area contributed by atoms with Crippen molar-refractivity contribution in [2.24, 2.45) is 0 Å². The number of aliphatic hydroxyl groups excluding tert-OH is 1. The fourth-order valence-corrected chi connectivity index (χ4v) is 2.79. The topological polar surface area (TPSA) is 47.0 Å². The van der Waals surface area contributed by atoms with E-state index in [9.17, 15) is 9.90 Å². The fraction of sp³-hybridized carbons (Fsp3) is 0.588. The zero-order chi connectivity index (χ0) is 15.9. The maximum atomic E-state index is 11.6. The van der Waals surface area contributed by atoms with Crippen molar-refractivity contribution in [3.63, 3.8) is 0 Å². The van der Waals surface area contributed by atoms with Gasteiger partial charge in [0.1, 0.15) is 0 Å². The molecule has 0 aliphatic carbocycles. The number of carbonyl (C=O) groups excluding carboxylic acids is 1. The summed E-state index contributed by atoms with van der Waals surface area (Å²) in [5, 5.41) is 10.1. The third-order valence-corrected chi connectivity index (χ3v) is 4.14. The van der Waals surface area contributed by atoms with Gasteiger partial charge in [-0.25, -0.2) is 0 Å². The third kappa shape index (κ3) is 5.00. The van der Waals surface area contributed by atoms with Crippen molar-refractivity contribution in [3.8, 4) is 0 Å². The lowest BCUT2D eigenvalue weighted by atomic mass is 10.3. The van der Waals surface area contributed by atoms with E-state index in [1.165, 1.54) is 5.69 Å². The summed E-state index contributed by atoms with van der Waals surface area (Å²) in [5.74, 6) is 0.172. The van der Waals surface area contributed by atoms with Gasteiger partial charge in [-0.05, 0) is 25.6 Å². The Morgan fingerprint density at radius 3 is 2.59 bits per heavy atom. The van der Waals surface area contributed by atoms with Crippen LogP contribution in [0.5, 0.6) is 0 Å². The van der Waals surface area contributed by atoms with Crippen LogP contribution in [-0.4, -0.2) is 73.7 Å². The van der Waals surface area contributed by atoms with Crippen LogP contribution in [-0.2, 0) is 4.79 Å². The van der Waals surface area contributed by atoms with Gasteiger partial charge in [0.15, 0.2) is 0 Å². The number of para-hydroxylation sites is 1. The standard InChI is InChI=1S/C17H27N3O2/c1-18(11-12-19(2)15-7-4-3-5-8-15)13-16(21)14-20-10-6-9-17(20)22/h3-5,7-8,16,21H,6,9-14H2,1-2H3. The normalized spacial score (nSPS) is 16.4. The van der Waals surface area contributed by atoms with Crippen LogP contribution < -0.4 is 4.90 Å². The van der Waals surface area contributed by atoms with Crippen LogP contribution in [0, 0.1) is 0 Å². The van der Waals surface area contributed by atoms with Gasteiger partial charge in [-0.15, -0.1) is 0 Å². The lowest BCUT2D eigenvalue weighted by Gasteiger charge is -2.27. The summed E-state index contributed by atoms with van der Waals surface area (Å²) in [6, 6.07) is 10.3. The summed E-state index contributed by atoms with van der Waals surface area (Å²) in [6.07, 6.45) is 1.07. The summed E-state index contributed by atoms with van der Waals surface area (Å²) >= 11 is 0. The average Bonchev–Trinajstić information content (AvgIpc) is 2.90. The van der Waals surface area contributed by atoms with Gasteiger partial charge < -0.3 is 19.8 Å². The van der Waals surface area contributed by atoms with E-state index >= 15 is 0 Å². The highest BCUT2D eigenvalue weighted by atomic mass is 16.3. The summed E-state index contributed by atoms with van der Waals surface area (Å²) in [7, 11) is 4.08. The number of β-amino-alcohol motifs (C(OH)–C–C–N with tert-alkyl or cyclic N) is 1. The zero-order valence-electron chi connectivity index (χ0n) is 13.6. The predicted octanol–water partition coefficient (Wildman–Crippen LogP) is 1.04. The first-order valence-electron chi connectivity index (χ1n) is 7.97. The smallest absolute Gasteiger partial charge is 0.222 e. The summed E-state index contributed by atoms with van der Waals surface area (Å²) in [4.78, 5) is 17.7. The number of amides is 1. The summed E-state index contributed by atoms with van der Waals surface area (Å²) < 4.78 is 0. The third-order valence-electron chi connectivity index (χ3n) is 4.14. The van der Waals surface area contributed by atoms with Crippen molar-refractivity contribution in [1.82, 2.24) is 9.80 Å². The van der Waals surface area contributed by atoms with Crippen LogP contribution in [0.1, 0.15) is 12.8 Å². The number of anilines is 1. The van der Waals surface area contributed by atoms with E-state index in [0.29, 0.717) is 19.5 Å².